The second-order valence-corrected chi connectivity index (χ2v) is 8.32. The molecule has 0 unspecified atom stereocenters. The summed E-state index contributed by atoms with van der Waals surface area (Å²) in [7, 11) is 1.53. The summed E-state index contributed by atoms with van der Waals surface area (Å²) in [6.07, 6.45) is 17.7. The van der Waals surface area contributed by atoms with Crippen LogP contribution in [0.15, 0.2) is 30.9 Å². The Morgan fingerprint density at radius 1 is 1.00 bits per heavy atom. The predicted octanol–water partition coefficient (Wildman–Crippen LogP) is 7.77. The lowest BCUT2D eigenvalue weighted by Gasteiger charge is -2.07. The summed E-state index contributed by atoms with van der Waals surface area (Å²) in [5.74, 6) is 0.644. The third-order valence-electron chi connectivity index (χ3n) is 4.98. The van der Waals surface area contributed by atoms with Gasteiger partial charge >= 0.3 is 5.97 Å². The van der Waals surface area contributed by atoms with E-state index in [1.54, 1.807) is 12.1 Å². The number of allylic oxidation sites excluding steroid dienone is 1. The first-order valence-electron chi connectivity index (χ1n) is 12.1. The zero-order valence-electron chi connectivity index (χ0n) is 20.5. The number of phenols is 1. The molecule has 1 N–H and O–H groups in total. The van der Waals surface area contributed by atoms with Crippen molar-refractivity contribution in [2.24, 2.45) is 0 Å². The standard InChI is InChI=1S/C17H34O2.C10H12O2/c1-4-5-6-7-8-9-10-11-12-13-14-15-17(18)19-16(2)3;1-3-4-8-5-6-9(11)10(7-8)12-2/h16H,4-15H2,1-3H3;3,5-7,11H,1,4H2,2H3. The zero-order valence-corrected chi connectivity index (χ0v) is 20.5. The number of rotatable bonds is 16. The summed E-state index contributed by atoms with van der Waals surface area (Å²) in [4.78, 5) is 11.3. The van der Waals surface area contributed by atoms with E-state index < -0.39 is 0 Å². The molecule has 0 aliphatic heterocycles. The van der Waals surface area contributed by atoms with Gasteiger partial charge < -0.3 is 14.6 Å². The molecule has 31 heavy (non-hydrogen) atoms. The SMILES string of the molecule is C=CCc1ccc(O)c(OC)c1.CCCCCCCCCCCCCC(=O)OC(C)C. The topological polar surface area (TPSA) is 55.8 Å². The minimum absolute atomic E-state index is 0.0280. The van der Waals surface area contributed by atoms with Crippen LogP contribution in [0.1, 0.15) is 103 Å². The van der Waals surface area contributed by atoms with Crippen molar-refractivity contribution in [3.63, 3.8) is 0 Å². The van der Waals surface area contributed by atoms with Crippen LogP contribution in [0.4, 0.5) is 0 Å². The first-order valence-corrected chi connectivity index (χ1v) is 12.1. The molecule has 4 nitrogen and oxygen atoms in total. The molecule has 1 aromatic carbocycles. The molecule has 0 amide bonds. The van der Waals surface area contributed by atoms with Gasteiger partial charge in [-0.3, -0.25) is 4.79 Å². The lowest BCUT2D eigenvalue weighted by Crippen LogP contribution is -2.10. The number of hydrogen-bond donors (Lipinski definition) is 1. The van der Waals surface area contributed by atoms with Crippen molar-refractivity contribution in [1.29, 1.82) is 0 Å². The Morgan fingerprint density at radius 2 is 1.55 bits per heavy atom. The highest BCUT2D eigenvalue weighted by atomic mass is 16.5. The van der Waals surface area contributed by atoms with Gasteiger partial charge in [0.25, 0.3) is 0 Å². The Labute approximate surface area is 191 Å². The van der Waals surface area contributed by atoms with Gasteiger partial charge in [-0.2, -0.15) is 0 Å². The van der Waals surface area contributed by atoms with Gasteiger partial charge in [0.05, 0.1) is 13.2 Å². The van der Waals surface area contributed by atoms with Gasteiger partial charge in [-0.05, 0) is 44.4 Å². The van der Waals surface area contributed by atoms with Crippen molar-refractivity contribution in [3.05, 3.63) is 36.4 Å². The van der Waals surface area contributed by atoms with E-state index in [0.29, 0.717) is 12.2 Å². The first kappa shape index (κ1) is 29.0. The number of phenolic OH excluding ortho intramolecular Hbond substituents is 1. The molecule has 0 saturated heterocycles. The van der Waals surface area contributed by atoms with Crippen LogP contribution in [0, 0.1) is 0 Å². The van der Waals surface area contributed by atoms with E-state index in [1.165, 1.54) is 71.3 Å². The van der Waals surface area contributed by atoms with Crippen molar-refractivity contribution in [2.75, 3.05) is 7.11 Å². The fourth-order valence-electron chi connectivity index (χ4n) is 3.27. The van der Waals surface area contributed by atoms with Crippen molar-refractivity contribution >= 4 is 5.97 Å². The van der Waals surface area contributed by atoms with Gasteiger partial charge in [0.1, 0.15) is 0 Å². The molecular formula is C27H46O4. The quantitative estimate of drug-likeness (QED) is 0.164. The monoisotopic (exact) mass is 434 g/mol. The molecule has 0 heterocycles. The highest BCUT2D eigenvalue weighted by Crippen LogP contribution is 2.26. The summed E-state index contributed by atoms with van der Waals surface area (Å²) in [6.45, 7) is 9.69. The fraction of sp³-hybridized carbons (Fsp3) is 0.667. The highest BCUT2D eigenvalue weighted by molar-refractivity contribution is 5.69. The number of benzene rings is 1. The number of aromatic hydroxyl groups is 1. The molecule has 0 radical (unpaired) electrons. The molecule has 0 spiro atoms. The first-order chi connectivity index (χ1) is 14.9. The molecule has 0 atom stereocenters. The Balaban J connectivity index is 0.000000639. The van der Waals surface area contributed by atoms with E-state index in [2.05, 4.69) is 13.5 Å². The maximum Gasteiger partial charge on any atom is 0.306 e. The molecule has 0 fully saturated rings. The number of ether oxygens (including phenoxy) is 2. The van der Waals surface area contributed by atoms with E-state index >= 15 is 0 Å². The number of esters is 1. The van der Waals surface area contributed by atoms with Crippen molar-refractivity contribution in [1.82, 2.24) is 0 Å². The molecular weight excluding hydrogens is 388 g/mol. The molecule has 4 heteroatoms. The van der Waals surface area contributed by atoms with E-state index in [9.17, 15) is 9.90 Å². The molecule has 1 aromatic rings. The zero-order chi connectivity index (χ0) is 23.3. The minimum atomic E-state index is -0.0362. The number of carbonyl (C=O) groups is 1. The molecule has 0 bridgehead atoms. The number of methoxy groups -OCH3 is 1. The Hall–Kier alpha value is -1.97. The van der Waals surface area contributed by atoms with Crippen LogP contribution >= 0.6 is 0 Å². The van der Waals surface area contributed by atoms with Crippen molar-refractivity contribution in [3.8, 4) is 11.5 Å². The van der Waals surface area contributed by atoms with E-state index in [0.717, 1.165) is 18.4 Å². The average molecular weight is 435 g/mol. The Kier molecular flexibility index (Phi) is 18.7. The third-order valence-corrected chi connectivity index (χ3v) is 4.98. The lowest BCUT2D eigenvalue weighted by molar-refractivity contribution is -0.147. The predicted molar refractivity (Wildman–Crippen MR) is 131 cm³/mol. The van der Waals surface area contributed by atoms with Gasteiger partial charge in [-0.1, -0.05) is 83.3 Å². The Bertz CT molecular complexity index is 581. The van der Waals surface area contributed by atoms with Gasteiger partial charge in [0.15, 0.2) is 11.5 Å². The number of carbonyl (C=O) groups excluding carboxylic acids is 1. The lowest BCUT2D eigenvalue weighted by atomic mass is 10.1. The van der Waals surface area contributed by atoms with Crippen LogP contribution in [-0.2, 0) is 16.0 Å². The fourth-order valence-corrected chi connectivity index (χ4v) is 3.27. The van der Waals surface area contributed by atoms with Crippen LogP contribution in [-0.4, -0.2) is 24.3 Å². The van der Waals surface area contributed by atoms with Crippen LogP contribution < -0.4 is 4.74 Å². The smallest absolute Gasteiger partial charge is 0.306 e. The van der Waals surface area contributed by atoms with Gasteiger partial charge in [0.2, 0.25) is 0 Å². The second-order valence-electron chi connectivity index (χ2n) is 8.32. The molecule has 0 aliphatic rings. The normalized spacial score (nSPS) is 10.4. The molecule has 1 rings (SSSR count). The minimum Gasteiger partial charge on any atom is -0.504 e. The maximum absolute atomic E-state index is 11.3. The molecule has 178 valence electrons. The van der Waals surface area contributed by atoms with Crippen LogP contribution in [0.2, 0.25) is 0 Å². The summed E-state index contributed by atoms with van der Waals surface area (Å²) >= 11 is 0. The number of unbranched alkanes of at least 4 members (excludes halogenated alkanes) is 10. The third kappa shape index (κ3) is 17.4. The van der Waals surface area contributed by atoms with Crippen molar-refractivity contribution in [2.45, 2.75) is 110 Å². The van der Waals surface area contributed by atoms with E-state index in [4.69, 9.17) is 9.47 Å². The van der Waals surface area contributed by atoms with Gasteiger partial charge in [-0.15, -0.1) is 6.58 Å². The summed E-state index contributed by atoms with van der Waals surface area (Å²) < 4.78 is 10.1. The van der Waals surface area contributed by atoms with Gasteiger partial charge in [0, 0.05) is 6.42 Å². The second kappa shape index (κ2) is 20.0. The summed E-state index contributed by atoms with van der Waals surface area (Å²) in [5.41, 5.74) is 1.08. The van der Waals surface area contributed by atoms with Crippen LogP contribution in [0.3, 0.4) is 0 Å². The average Bonchev–Trinajstić information content (AvgIpc) is 2.73. The van der Waals surface area contributed by atoms with E-state index in [1.807, 2.05) is 26.0 Å². The van der Waals surface area contributed by atoms with E-state index in [-0.39, 0.29) is 17.8 Å². The summed E-state index contributed by atoms with van der Waals surface area (Å²) in [6, 6.07) is 5.27. The molecule has 0 saturated carbocycles. The number of hydrogen-bond acceptors (Lipinski definition) is 4. The molecule has 0 aliphatic carbocycles. The highest BCUT2D eigenvalue weighted by Gasteiger charge is 2.04. The summed E-state index contributed by atoms with van der Waals surface area (Å²) in [5, 5.41) is 9.25. The van der Waals surface area contributed by atoms with Crippen molar-refractivity contribution < 1.29 is 19.4 Å². The Morgan fingerprint density at radius 3 is 2.03 bits per heavy atom. The maximum atomic E-state index is 11.3. The van der Waals surface area contributed by atoms with Gasteiger partial charge in [-0.25, -0.2) is 0 Å². The van der Waals surface area contributed by atoms with Crippen LogP contribution in [0.25, 0.3) is 0 Å². The van der Waals surface area contributed by atoms with Crippen LogP contribution in [0.5, 0.6) is 11.5 Å². The molecule has 0 aromatic heterocycles. The largest absolute Gasteiger partial charge is 0.504 e.